The van der Waals surface area contributed by atoms with Gasteiger partial charge in [-0.25, -0.2) is 8.93 Å². The van der Waals surface area contributed by atoms with E-state index in [9.17, 15) is 9.00 Å². The lowest BCUT2D eigenvalue weighted by atomic mass is 9.66. The largest absolute Gasteiger partial charge is 0.306 e. The predicted molar refractivity (Wildman–Crippen MR) is 131 cm³/mol. The number of carbonyl (C=O) groups is 1. The molecule has 7 heteroatoms. The molecule has 2 spiro atoms. The highest BCUT2D eigenvalue weighted by Gasteiger charge is 2.53. The van der Waals surface area contributed by atoms with Crippen molar-refractivity contribution in [3.8, 4) is 0 Å². The molecule has 2 fully saturated rings. The zero-order chi connectivity index (χ0) is 22.0. The summed E-state index contributed by atoms with van der Waals surface area (Å²) in [6.07, 6.45) is 7.65. The van der Waals surface area contributed by atoms with E-state index in [0.717, 1.165) is 29.5 Å². The van der Waals surface area contributed by atoms with Crippen molar-refractivity contribution in [2.75, 3.05) is 11.4 Å². The van der Waals surface area contributed by atoms with E-state index in [0.29, 0.717) is 15.2 Å². The van der Waals surface area contributed by atoms with Gasteiger partial charge in [0.2, 0.25) is 0 Å². The van der Waals surface area contributed by atoms with Crippen LogP contribution in [0.5, 0.6) is 0 Å². The van der Waals surface area contributed by atoms with Gasteiger partial charge >= 0.3 is 0 Å². The zero-order valence-electron chi connectivity index (χ0n) is 18.3. The number of anilines is 1. The average molecular weight is 522 g/mol. The van der Waals surface area contributed by atoms with Gasteiger partial charge in [0.15, 0.2) is 0 Å². The predicted octanol–water partition coefficient (Wildman–Crippen LogP) is 6.17. The molecule has 166 valence electrons. The number of halogens is 1. The van der Waals surface area contributed by atoms with Crippen LogP contribution in [-0.4, -0.2) is 22.2 Å². The second-order valence-electron chi connectivity index (χ2n) is 10.6. The topological polar surface area (TPSA) is 49.4 Å². The standard InChI is InChI=1S/C24H29BrN2O2S2/c1-22(2,3)26-31(29)17-13-20(30-14-17)21(28)27-15-24(10-8-23(6-7-23)9-11-24)18-12-16(25)4-5-19(18)27/h4-5,12-14,26H,6-11,15H2,1-3H3. The Morgan fingerprint density at radius 1 is 1.13 bits per heavy atom. The van der Waals surface area contributed by atoms with Gasteiger partial charge in [0, 0.05) is 33.0 Å². The smallest absolute Gasteiger partial charge is 0.268 e. The van der Waals surface area contributed by atoms with Gasteiger partial charge in [-0.3, -0.25) is 4.79 Å². The molecule has 1 aromatic heterocycles. The lowest BCUT2D eigenvalue weighted by molar-refractivity contribution is 0.0984. The Morgan fingerprint density at radius 2 is 1.81 bits per heavy atom. The van der Waals surface area contributed by atoms with Crippen LogP contribution in [0.3, 0.4) is 0 Å². The molecule has 1 unspecified atom stereocenters. The molecular weight excluding hydrogens is 492 g/mol. The number of benzene rings is 1. The molecule has 1 aromatic carbocycles. The van der Waals surface area contributed by atoms with Gasteiger partial charge in [0.1, 0.15) is 11.0 Å². The van der Waals surface area contributed by atoms with Crippen molar-refractivity contribution < 1.29 is 9.00 Å². The normalized spacial score (nSPS) is 22.0. The molecule has 3 aliphatic rings. The number of fused-ring (bicyclic) bond motifs is 2. The molecule has 4 nitrogen and oxygen atoms in total. The van der Waals surface area contributed by atoms with Gasteiger partial charge in [-0.2, -0.15) is 0 Å². The highest BCUT2D eigenvalue weighted by Crippen LogP contribution is 2.62. The Labute approximate surface area is 199 Å². The summed E-state index contributed by atoms with van der Waals surface area (Å²) >= 11 is 5.04. The van der Waals surface area contributed by atoms with Gasteiger partial charge < -0.3 is 4.90 Å². The molecule has 31 heavy (non-hydrogen) atoms. The first-order valence-electron chi connectivity index (χ1n) is 11.0. The van der Waals surface area contributed by atoms with E-state index in [1.54, 1.807) is 6.07 Å². The summed E-state index contributed by atoms with van der Waals surface area (Å²) in [5.41, 5.74) is 2.79. The van der Waals surface area contributed by atoms with Crippen LogP contribution in [0.25, 0.3) is 0 Å². The molecule has 2 aliphatic carbocycles. The highest BCUT2D eigenvalue weighted by molar-refractivity contribution is 9.10. The second-order valence-corrected chi connectivity index (χ2v) is 13.6. The number of thiophene rings is 1. The Morgan fingerprint density at radius 3 is 2.45 bits per heavy atom. The third kappa shape index (κ3) is 4.07. The number of nitrogens with one attached hydrogen (secondary N) is 1. The van der Waals surface area contributed by atoms with E-state index in [2.05, 4.69) is 32.8 Å². The monoisotopic (exact) mass is 520 g/mol. The van der Waals surface area contributed by atoms with Crippen molar-refractivity contribution in [3.63, 3.8) is 0 Å². The number of rotatable bonds is 3. The molecule has 2 saturated carbocycles. The van der Waals surface area contributed by atoms with Gasteiger partial charge in [0.25, 0.3) is 5.91 Å². The van der Waals surface area contributed by atoms with Crippen molar-refractivity contribution >= 4 is 49.8 Å². The van der Waals surface area contributed by atoms with Crippen molar-refractivity contribution in [2.24, 2.45) is 5.41 Å². The molecule has 1 amide bonds. The van der Waals surface area contributed by atoms with Crippen molar-refractivity contribution in [3.05, 3.63) is 44.6 Å². The summed E-state index contributed by atoms with van der Waals surface area (Å²) in [6.45, 7) is 6.71. The van der Waals surface area contributed by atoms with E-state index in [-0.39, 0.29) is 16.9 Å². The highest BCUT2D eigenvalue weighted by atomic mass is 79.9. The number of carbonyl (C=O) groups excluding carboxylic acids is 1. The van der Waals surface area contributed by atoms with Gasteiger partial charge in [-0.05, 0) is 94.5 Å². The summed E-state index contributed by atoms with van der Waals surface area (Å²) in [5.74, 6) is 0.0242. The fourth-order valence-electron chi connectivity index (χ4n) is 5.18. The number of amides is 1. The van der Waals surface area contributed by atoms with Crippen LogP contribution in [-0.2, 0) is 16.4 Å². The number of hydrogen-bond donors (Lipinski definition) is 1. The van der Waals surface area contributed by atoms with E-state index < -0.39 is 11.0 Å². The third-order valence-electron chi connectivity index (χ3n) is 7.15. The molecule has 0 bridgehead atoms. The molecule has 0 radical (unpaired) electrons. The number of nitrogens with zero attached hydrogens (tertiary/aromatic N) is 1. The molecule has 2 aromatic rings. The molecular formula is C24H29BrN2O2S2. The van der Waals surface area contributed by atoms with Crippen LogP contribution in [0.2, 0.25) is 0 Å². The van der Waals surface area contributed by atoms with E-state index in [4.69, 9.17) is 0 Å². The van der Waals surface area contributed by atoms with E-state index in [1.807, 2.05) is 37.1 Å². The zero-order valence-corrected chi connectivity index (χ0v) is 21.5. The SMILES string of the molecule is CC(C)(C)NS(=O)c1csc(C(=O)N2CC3(CCC4(CC4)CC3)c3cc(Br)ccc32)c1. The Balaban J connectivity index is 1.42. The van der Waals surface area contributed by atoms with Crippen LogP contribution in [0.1, 0.15) is 74.5 Å². The summed E-state index contributed by atoms with van der Waals surface area (Å²) < 4.78 is 16.8. The van der Waals surface area contributed by atoms with Gasteiger partial charge in [0.05, 0.1) is 9.77 Å². The van der Waals surface area contributed by atoms with E-state index in [1.165, 1.54) is 42.6 Å². The maximum absolute atomic E-state index is 13.6. The second kappa shape index (κ2) is 7.51. The minimum atomic E-state index is -1.33. The van der Waals surface area contributed by atoms with Crippen LogP contribution >= 0.6 is 27.3 Å². The Hall–Kier alpha value is -1.02. The lowest BCUT2D eigenvalue weighted by Crippen LogP contribution is -2.39. The van der Waals surface area contributed by atoms with Crippen LogP contribution in [0, 0.1) is 5.41 Å². The third-order valence-corrected chi connectivity index (χ3v) is 10.2. The maximum Gasteiger partial charge on any atom is 0.268 e. The van der Waals surface area contributed by atoms with Crippen LogP contribution in [0.15, 0.2) is 39.0 Å². The van der Waals surface area contributed by atoms with Gasteiger partial charge in [-0.1, -0.05) is 15.9 Å². The van der Waals surface area contributed by atoms with E-state index >= 15 is 0 Å². The first-order chi connectivity index (χ1) is 14.6. The van der Waals surface area contributed by atoms with Crippen molar-refractivity contribution in [1.82, 2.24) is 4.72 Å². The van der Waals surface area contributed by atoms with Crippen molar-refractivity contribution in [2.45, 2.75) is 75.1 Å². The maximum atomic E-state index is 13.6. The molecule has 1 atom stereocenters. The fourth-order valence-corrected chi connectivity index (χ4v) is 7.73. The van der Waals surface area contributed by atoms with Gasteiger partial charge in [-0.15, -0.1) is 11.3 Å². The minimum Gasteiger partial charge on any atom is -0.306 e. The number of hydrogen-bond acceptors (Lipinski definition) is 3. The first kappa shape index (κ1) is 21.8. The molecule has 5 rings (SSSR count). The van der Waals surface area contributed by atoms with Crippen LogP contribution < -0.4 is 9.62 Å². The minimum absolute atomic E-state index is 0.0242. The summed E-state index contributed by atoms with van der Waals surface area (Å²) in [4.78, 5) is 16.9. The average Bonchev–Trinajstić information content (AvgIpc) is 3.16. The molecule has 0 saturated heterocycles. The summed E-state index contributed by atoms with van der Waals surface area (Å²) in [6, 6.07) is 8.15. The molecule has 2 heterocycles. The first-order valence-corrected chi connectivity index (χ1v) is 13.8. The fraction of sp³-hybridized carbons (Fsp3) is 0.542. The Kier molecular flexibility index (Phi) is 5.28. The Bertz CT molecular complexity index is 1060. The van der Waals surface area contributed by atoms with Crippen LogP contribution in [0.4, 0.5) is 5.69 Å². The summed E-state index contributed by atoms with van der Waals surface area (Å²) in [7, 11) is -1.33. The summed E-state index contributed by atoms with van der Waals surface area (Å²) in [5, 5.41) is 1.84. The van der Waals surface area contributed by atoms with Crippen molar-refractivity contribution in [1.29, 1.82) is 0 Å². The molecule has 1 N–H and O–H groups in total. The quantitative estimate of drug-likeness (QED) is 0.525. The molecule has 1 aliphatic heterocycles. The lowest BCUT2D eigenvalue weighted by Gasteiger charge is -2.38.